The highest BCUT2D eigenvalue weighted by Gasteiger charge is 2.38. The summed E-state index contributed by atoms with van der Waals surface area (Å²) in [6.45, 7) is -0.617. The lowest BCUT2D eigenvalue weighted by Crippen LogP contribution is -2.44. The maximum atomic E-state index is 16.2. The average Bonchev–Trinajstić information content (AvgIpc) is 3.59. The van der Waals surface area contributed by atoms with Crippen LogP contribution in [0.3, 0.4) is 0 Å². The molecule has 2 saturated heterocycles. The number of carbonyl (C=O) groups is 4. The number of ether oxygens (including phenoxy) is 1. The third kappa shape index (κ3) is 6.74. The first kappa shape index (κ1) is 36.2. The number of halogens is 1. The summed E-state index contributed by atoms with van der Waals surface area (Å²) in [7, 11) is -2.73. The lowest BCUT2D eigenvalue weighted by atomic mass is 10.0. The molecule has 8 rings (SSSR count). The first-order valence-corrected chi connectivity index (χ1v) is 19.0. The molecule has 284 valence electrons. The summed E-state index contributed by atoms with van der Waals surface area (Å²) in [5, 5.41) is 5.53. The Bertz CT molecular complexity index is 2780. The second-order valence-corrected chi connectivity index (χ2v) is 15.2. The Morgan fingerprint density at radius 3 is 2.34 bits per heavy atom. The molecule has 2 fully saturated rings. The highest BCUT2D eigenvalue weighted by atomic mass is 32.2. The minimum atomic E-state index is -4.35. The second-order valence-electron chi connectivity index (χ2n) is 13.6. The van der Waals surface area contributed by atoms with E-state index in [0.717, 1.165) is 16.7 Å². The number of imidazole rings is 1. The predicted octanol–water partition coefficient (Wildman–Crippen LogP) is 4.22. The van der Waals surface area contributed by atoms with Crippen LogP contribution in [0.1, 0.15) is 30.0 Å². The maximum Gasteiger partial charge on any atom is 0.329 e. The summed E-state index contributed by atoms with van der Waals surface area (Å²) in [5.41, 5.74) is 3.91. The van der Waals surface area contributed by atoms with Gasteiger partial charge in [0.25, 0.3) is 5.91 Å². The number of anilines is 2. The van der Waals surface area contributed by atoms with Gasteiger partial charge in [-0.25, -0.2) is 18.2 Å². The van der Waals surface area contributed by atoms with Gasteiger partial charge in [0.1, 0.15) is 30.6 Å². The van der Waals surface area contributed by atoms with Crippen molar-refractivity contribution in [2.75, 3.05) is 16.2 Å². The van der Waals surface area contributed by atoms with E-state index < -0.39 is 46.1 Å². The number of aryl methyl sites for hydroxylation is 1. The first-order chi connectivity index (χ1) is 26.9. The monoisotopic (exact) mass is 776 g/mol. The van der Waals surface area contributed by atoms with Crippen LogP contribution < -0.4 is 30.1 Å². The molecule has 14 nitrogen and oxygen atoms in total. The van der Waals surface area contributed by atoms with Crippen molar-refractivity contribution in [3.8, 4) is 16.9 Å². The largest absolute Gasteiger partial charge is 0.487 e. The molecule has 56 heavy (non-hydrogen) atoms. The second kappa shape index (κ2) is 14.1. The fraction of sp³-hybridized carbons (Fsp3) is 0.175. The summed E-state index contributed by atoms with van der Waals surface area (Å²) in [4.78, 5) is 62.6. The van der Waals surface area contributed by atoms with Crippen LogP contribution in [0.2, 0.25) is 0 Å². The van der Waals surface area contributed by atoms with Crippen LogP contribution in [-0.4, -0.2) is 47.7 Å². The van der Waals surface area contributed by atoms with Crippen molar-refractivity contribution in [1.29, 1.82) is 0 Å². The number of nitrogens with zero attached hydrogens (tertiary/aromatic N) is 3. The van der Waals surface area contributed by atoms with Crippen LogP contribution in [0.25, 0.3) is 32.9 Å². The van der Waals surface area contributed by atoms with E-state index in [9.17, 15) is 32.4 Å². The quantitative estimate of drug-likeness (QED) is 0.183. The minimum absolute atomic E-state index is 0.00434. The number of hydrogen-bond donors (Lipinski definition) is 3. The number of hydrogen-bond acceptors (Lipinski definition) is 8. The molecular formula is C40H33FN6O8S. The zero-order valence-electron chi connectivity index (χ0n) is 29.7. The fourth-order valence-electron chi connectivity index (χ4n) is 7.11. The Balaban J connectivity index is 1.00. The fourth-order valence-corrected chi connectivity index (χ4v) is 8.27. The summed E-state index contributed by atoms with van der Waals surface area (Å²) < 4.78 is 53.0. The molecule has 1 aromatic heterocycles. The summed E-state index contributed by atoms with van der Waals surface area (Å²) in [5.74, 6) is -3.02. The molecule has 1 atom stereocenters. The van der Waals surface area contributed by atoms with E-state index in [4.69, 9.17) is 4.74 Å². The average molecular weight is 777 g/mol. The van der Waals surface area contributed by atoms with Crippen LogP contribution in [0.5, 0.6) is 5.75 Å². The number of fused-ring (bicyclic) bond motifs is 2. The van der Waals surface area contributed by atoms with Gasteiger partial charge in [-0.05, 0) is 70.5 Å². The van der Waals surface area contributed by atoms with Gasteiger partial charge in [-0.15, -0.1) is 0 Å². The Kier molecular flexibility index (Phi) is 9.12. The molecule has 0 bridgehead atoms. The Morgan fingerprint density at radius 1 is 0.875 bits per heavy atom. The molecule has 6 aromatic rings. The Labute approximate surface area is 318 Å². The molecule has 4 amide bonds. The smallest absolute Gasteiger partial charge is 0.329 e. The number of benzene rings is 5. The van der Waals surface area contributed by atoms with Crippen LogP contribution in [0.4, 0.5) is 15.8 Å². The molecule has 1 unspecified atom stereocenters. The maximum absolute atomic E-state index is 16.2. The Morgan fingerprint density at radius 2 is 1.62 bits per heavy atom. The zero-order chi connectivity index (χ0) is 39.3. The third-order valence-corrected chi connectivity index (χ3v) is 11.2. The van der Waals surface area contributed by atoms with Gasteiger partial charge in [-0.3, -0.25) is 33.6 Å². The number of piperidine rings is 1. The van der Waals surface area contributed by atoms with Crippen molar-refractivity contribution in [2.45, 2.75) is 31.9 Å². The SMILES string of the molecule is Cn1c(=O)n(C2CCC(=O)NC2=O)c2ccc(-c3ccc(CC(=O)Nc4ccc5c(F)c(N6CC(=O)NS6(=O)=O)c(OCc6ccccc6)cc5c4)cc3)cc21. The van der Waals surface area contributed by atoms with Crippen LogP contribution in [-0.2, 0) is 49.5 Å². The standard InChI is InChI=1S/C40H33FN6O8S/c1-45-32-19-26(11-14-30(32)47(40(45)52)31-15-16-34(48)43-39(31)51)25-9-7-23(8-10-25)17-35(49)42-28-12-13-29-27(18-28)20-33(55-22-24-5-3-2-4-6-24)38(37(29)41)46-21-36(50)44-56(46,53)54/h2-14,18-20,31H,15-17,21-22H2,1H3,(H,42,49)(H,44,50)(H,43,48,51). The van der Waals surface area contributed by atoms with Crippen LogP contribution in [0, 0.1) is 5.82 Å². The highest BCUT2D eigenvalue weighted by molar-refractivity contribution is 7.92. The zero-order valence-corrected chi connectivity index (χ0v) is 30.6. The topological polar surface area (TPSA) is 178 Å². The van der Waals surface area contributed by atoms with Gasteiger partial charge in [0.2, 0.25) is 17.7 Å². The van der Waals surface area contributed by atoms with Gasteiger partial charge in [0, 0.05) is 24.5 Å². The van der Waals surface area contributed by atoms with E-state index in [1.807, 2.05) is 47.2 Å². The van der Waals surface area contributed by atoms with Gasteiger partial charge in [-0.1, -0.05) is 60.7 Å². The van der Waals surface area contributed by atoms with Gasteiger partial charge in [0.05, 0.1) is 17.5 Å². The van der Waals surface area contributed by atoms with Crippen LogP contribution in [0.15, 0.2) is 102 Å². The molecule has 2 aliphatic heterocycles. The van der Waals surface area contributed by atoms with Crippen LogP contribution >= 0.6 is 0 Å². The number of amides is 4. The minimum Gasteiger partial charge on any atom is -0.487 e. The lowest BCUT2D eigenvalue weighted by Gasteiger charge is -2.21. The molecule has 2 aliphatic rings. The highest BCUT2D eigenvalue weighted by Crippen LogP contribution is 2.40. The van der Waals surface area contributed by atoms with Crippen molar-refractivity contribution in [3.63, 3.8) is 0 Å². The summed E-state index contributed by atoms with van der Waals surface area (Å²) in [6.07, 6.45) is 0.406. The third-order valence-electron chi connectivity index (χ3n) is 9.87. The van der Waals surface area contributed by atoms with E-state index in [1.165, 1.54) is 27.3 Å². The summed E-state index contributed by atoms with van der Waals surface area (Å²) >= 11 is 0. The molecule has 0 saturated carbocycles. The number of rotatable bonds is 9. The van der Waals surface area contributed by atoms with E-state index in [-0.39, 0.29) is 54.5 Å². The Hall–Kier alpha value is -6.81. The van der Waals surface area contributed by atoms with Crippen molar-refractivity contribution in [1.82, 2.24) is 19.2 Å². The first-order valence-electron chi connectivity index (χ1n) is 17.6. The lowest BCUT2D eigenvalue weighted by molar-refractivity contribution is -0.135. The van der Waals surface area contributed by atoms with Gasteiger partial charge >= 0.3 is 15.9 Å². The predicted molar refractivity (Wildman–Crippen MR) is 205 cm³/mol. The molecule has 0 aliphatic carbocycles. The van der Waals surface area contributed by atoms with Crippen molar-refractivity contribution in [2.24, 2.45) is 7.05 Å². The van der Waals surface area contributed by atoms with Crippen molar-refractivity contribution >= 4 is 67.0 Å². The van der Waals surface area contributed by atoms with Gasteiger partial charge < -0.3 is 10.1 Å². The van der Waals surface area contributed by atoms with E-state index >= 15 is 4.39 Å². The van der Waals surface area contributed by atoms with E-state index in [2.05, 4.69) is 10.6 Å². The number of imide groups is 1. The molecule has 5 aromatic carbocycles. The molecule has 3 N–H and O–H groups in total. The molecule has 0 radical (unpaired) electrons. The number of aromatic nitrogens is 2. The normalized spacial score (nSPS) is 16.6. The molecule has 16 heteroatoms. The number of nitrogens with one attached hydrogen (secondary N) is 3. The van der Waals surface area contributed by atoms with Crippen molar-refractivity contribution < 1.29 is 36.7 Å². The molecule has 3 heterocycles. The van der Waals surface area contributed by atoms with E-state index in [0.29, 0.717) is 32.0 Å². The molecule has 0 spiro atoms. The van der Waals surface area contributed by atoms with Gasteiger partial charge in [0.15, 0.2) is 5.82 Å². The van der Waals surface area contributed by atoms with Gasteiger partial charge in [-0.2, -0.15) is 8.42 Å². The van der Waals surface area contributed by atoms with E-state index in [1.54, 1.807) is 43.4 Å². The summed E-state index contributed by atoms with van der Waals surface area (Å²) in [6, 6.07) is 27.0. The molecular weight excluding hydrogens is 744 g/mol. The number of carbonyl (C=O) groups excluding carboxylic acids is 4. The van der Waals surface area contributed by atoms with Crippen molar-refractivity contribution in [3.05, 3.63) is 124 Å².